The summed E-state index contributed by atoms with van der Waals surface area (Å²) in [5.41, 5.74) is 2.57. The zero-order valence-electron chi connectivity index (χ0n) is 14.4. The summed E-state index contributed by atoms with van der Waals surface area (Å²) >= 11 is 0. The van der Waals surface area contributed by atoms with Gasteiger partial charge >= 0.3 is 0 Å². The van der Waals surface area contributed by atoms with Crippen molar-refractivity contribution in [1.82, 2.24) is 10.2 Å². The zero-order chi connectivity index (χ0) is 15.4. The number of hydrogen-bond donors (Lipinski definition) is 1. The second-order valence-electron chi connectivity index (χ2n) is 6.60. The molecule has 1 atom stereocenters. The third-order valence-electron chi connectivity index (χ3n) is 4.93. The Kier molecular flexibility index (Phi) is 8.88. The first kappa shape index (κ1) is 21.1. The van der Waals surface area contributed by atoms with Crippen LogP contribution in [0.5, 0.6) is 0 Å². The van der Waals surface area contributed by atoms with Crippen molar-refractivity contribution < 1.29 is 4.79 Å². The number of nitrogens with one attached hydrogen (secondary N) is 1. The van der Waals surface area contributed by atoms with Crippen LogP contribution in [-0.2, 0) is 4.79 Å². The number of nitrogens with zero attached hydrogens (tertiary/aromatic N) is 2. The minimum Gasteiger partial charge on any atom is -0.368 e. The Morgan fingerprint density at radius 1 is 1.21 bits per heavy atom. The number of amides is 1. The SMILES string of the molecule is Cc1cccc(N2CCN(C(=O)CCC3CCNC3)CC2)c1.Cl.Cl. The van der Waals surface area contributed by atoms with E-state index in [0.717, 1.165) is 52.1 Å². The summed E-state index contributed by atoms with van der Waals surface area (Å²) in [6.07, 6.45) is 3.00. The summed E-state index contributed by atoms with van der Waals surface area (Å²) in [6, 6.07) is 8.63. The highest BCUT2D eigenvalue weighted by molar-refractivity contribution is 5.85. The molecule has 0 aliphatic carbocycles. The molecule has 0 bridgehead atoms. The van der Waals surface area contributed by atoms with Gasteiger partial charge in [0.2, 0.25) is 5.91 Å². The van der Waals surface area contributed by atoms with Crippen LogP contribution in [0.4, 0.5) is 5.69 Å². The van der Waals surface area contributed by atoms with Gasteiger partial charge < -0.3 is 15.1 Å². The molecule has 2 aliphatic heterocycles. The summed E-state index contributed by atoms with van der Waals surface area (Å²) in [7, 11) is 0. The fourth-order valence-corrected chi connectivity index (χ4v) is 3.49. The van der Waals surface area contributed by atoms with Crippen molar-refractivity contribution in [1.29, 1.82) is 0 Å². The van der Waals surface area contributed by atoms with Crippen LogP contribution >= 0.6 is 24.8 Å². The molecule has 2 heterocycles. The molecule has 2 aliphatic rings. The Labute approximate surface area is 157 Å². The van der Waals surface area contributed by atoms with E-state index >= 15 is 0 Å². The normalized spacial score (nSPS) is 20.3. The quantitative estimate of drug-likeness (QED) is 0.880. The number of hydrogen-bond acceptors (Lipinski definition) is 3. The van der Waals surface area contributed by atoms with Gasteiger partial charge in [-0.15, -0.1) is 24.8 Å². The van der Waals surface area contributed by atoms with Crippen LogP contribution in [0.25, 0.3) is 0 Å². The van der Waals surface area contributed by atoms with Crippen LogP contribution in [0.2, 0.25) is 0 Å². The van der Waals surface area contributed by atoms with E-state index in [1.165, 1.54) is 17.7 Å². The van der Waals surface area contributed by atoms with Crippen molar-refractivity contribution in [2.24, 2.45) is 5.92 Å². The van der Waals surface area contributed by atoms with Gasteiger partial charge in [0, 0.05) is 38.3 Å². The Morgan fingerprint density at radius 3 is 2.58 bits per heavy atom. The lowest BCUT2D eigenvalue weighted by molar-refractivity contribution is -0.131. The fraction of sp³-hybridized carbons (Fsp3) is 0.611. The highest BCUT2D eigenvalue weighted by atomic mass is 35.5. The molecule has 4 nitrogen and oxygen atoms in total. The smallest absolute Gasteiger partial charge is 0.222 e. The van der Waals surface area contributed by atoms with Gasteiger partial charge in [-0.1, -0.05) is 12.1 Å². The predicted molar refractivity (Wildman–Crippen MR) is 105 cm³/mol. The summed E-state index contributed by atoms with van der Waals surface area (Å²) in [6.45, 7) is 7.94. The zero-order valence-corrected chi connectivity index (χ0v) is 16.0. The monoisotopic (exact) mass is 373 g/mol. The van der Waals surface area contributed by atoms with E-state index < -0.39 is 0 Å². The average Bonchev–Trinajstić information content (AvgIpc) is 3.06. The number of piperazine rings is 1. The largest absolute Gasteiger partial charge is 0.368 e. The van der Waals surface area contributed by atoms with Crippen LogP contribution in [-0.4, -0.2) is 50.1 Å². The molecule has 2 fully saturated rings. The first-order valence-corrected chi connectivity index (χ1v) is 8.52. The molecule has 1 N–H and O–H groups in total. The molecule has 3 rings (SSSR count). The van der Waals surface area contributed by atoms with Crippen molar-refractivity contribution in [3.05, 3.63) is 29.8 Å². The van der Waals surface area contributed by atoms with Crippen molar-refractivity contribution >= 4 is 36.4 Å². The van der Waals surface area contributed by atoms with Crippen molar-refractivity contribution in [3.63, 3.8) is 0 Å². The van der Waals surface area contributed by atoms with Gasteiger partial charge in [0.05, 0.1) is 0 Å². The standard InChI is InChI=1S/C18H27N3O.2ClH/c1-15-3-2-4-17(13-15)20-9-11-21(12-10-20)18(22)6-5-16-7-8-19-14-16;;/h2-4,13,16,19H,5-12,14H2,1H3;2*1H. The minimum atomic E-state index is 0. The van der Waals surface area contributed by atoms with Gasteiger partial charge in [-0.3, -0.25) is 4.79 Å². The lowest BCUT2D eigenvalue weighted by atomic mass is 10.0. The van der Waals surface area contributed by atoms with E-state index in [-0.39, 0.29) is 24.8 Å². The molecule has 0 spiro atoms. The maximum Gasteiger partial charge on any atom is 0.222 e. The number of aryl methyl sites for hydroxylation is 1. The number of rotatable bonds is 4. The van der Waals surface area contributed by atoms with E-state index in [2.05, 4.69) is 46.3 Å². The molecule has 1 unspecified atom stereocenters. The third-order valence-corrected chi connectivity index (χ3v) is 4.93. The topological polar surface area (TPSA) is 35.6 Å². The van der Waals surface area contributed by atoms with Crippen LogP contribution in [0.3, 0.4) is 0 Å². The second kappa shape index (κ2) is 10.1. The number of carbonyl (C=O) groups is 1. The van der Waals surface area contributed by atoms with E-state index in [0.29, 0.717) is 11.8 Å². The molecule has 136 valence electrons. The number of halogens is 2. The number of benzene rings is 1. The van der Waals surface area contributed by atoms with E-state index in [1.807, 2.05) is 0 Å². The molecule has 0 aromatic heterocycles. The Morgan fingerprint density at radius 2 is 1.96 bits per heavy atom. The maximum atomic E-state index is 12.3. The predicted octanol–water partition coefficient (Wildman–Crippen LogP) is 2.88. The third kappa shape index (κ3) is 5.54. The van der Waals surface area contributed by atoms with E-state index in [1.54, 1.807) is 0 Å². The molecule has 0 radical (unpaired) electrons. The summed E-state index contributed by atoms with van der Waals surface area (Å²) in [4.78, 5) is 16.8. The molecule has 1 aromatic rings. The molecular formula is C18H29Cl2N3O. The lowest BCUT2D eigenvalue weighted by Gasteiger charge is -2.36. The highest BCUT2D eigenvalue weighted by Crippen LogP contribution is 2.19. The molecule has 6 heteroatoms. The molecule has 1 aromatic carbocycles. The van der Waals surface area contributed by atoms with E-state index in [4.69, 9.17) is 0 Å². The van der Waals surface area contributed by atoms with Gasteiger partial charge in [-0.2, -0.15) is 0 Å². The Bertz CT molecular complexity index is 513. The second-order valence-corrected chi connectivity index (χ2v) is 6.60. The lowest BCUT2D eigenvalue weighted by Crippen LogP contribution is -2.48. The Hall–Kier alpha value is -0.970. The minimum absolute atomic E-state index is 0. The van der Waals surface area contributed by atoms with Crippen molar-refractivity contribution in [2.45, 2.75) is 26.2 Å². The van der Waals surface area contributed by atoms with Crippen molar-refractivity contribution in [2.75, 3.05) is 44.2 Å². The molecule has 24 heavy (non-hydrogen) atoms. The molecular weight excluding hydrogens is 345 g/mol. The van der Waals surface area contributed by atoms with Gasteiger partial charge in [-0.25, -0.2) is 0 Å². The van der Waals surface area contributed by atoms with Gasteiger partial charge in [0.25, 0.3) is 0 Å². The maximum absolute atomic E-state index is 12.3. The van der Waals surface area contributed by atoms with Crippen molar-refractivity contribution in [3.8, 4) is 0 Å². The number of anilines is 1. The highest BCUT2D eigenvalue weighted by Gasteiger charge is 2.22. The van der Waals surface area contributed by atoms with E-state index in [9.17, 15) is 4.79 Å². The van der Waals surface area contributed by atoms with Gasteiger partial charge in [0.1, 0.15) is 0 Å². The average molecular weight is 374 g/mol. The number of carbonyl (C=O) groups excluding carboxylic acids is 1. The fourth-order valence-electron chi connectivity index (χ4n) is 3.49. The van der Waals surface area contributed by atoms with Crippen LogP contribution < -0.4 is 10.2 Å². The van der Waals surface area contributed by atoms with Crippen LogP contribution in [0, 0.1) is 12.8 Å². The van der Waals surface area contributed by atoms with Gasteiger partial charge in [0.15, 0.2) is 0 Å². The molecule has 0 saturated carbocycles. The molecule has 2 saturated heterocycles. The molecule has 1 amide bonds. The van der Waals surface area contributed by atoms with Gasteiger partial charge in [-0.05, 0) is 56.5 Å². The van der Waals surface area contributed by atoms with Crippen LogP contribution in [0.15, 0.2) is 24.3 Å². The first-order chi connectivity index (χ1) is 10.7. The summed E-state index contributed by atoms with van der Waals surface area (Å²) < 4.78 is 0. The van der Waals surface area contributed by atoms with Crippen LogP contribution in [0.1, 0.15) is 24.8 Å². The Balaban J connectivity index is 0.00000144. The summed E-state index contributed by atoms with van der Waals surface area (Å²) in [5.74, 6) is 1.05. The summed E-state index contributed by atoms with van der Waals surface area (Å²) in [5, 5.41) is 3.37. The first-order valence-electron chi connectivity index (χ1n) is 8.52.